The van der Waals surface area contributed by atoms with Crippen molar-refractivity contribution in [2.24, 2.45) is 0 Å². The summed E-state index contributed by atoms with van der Waals surface area (Å²) in [5.74, 6) is 0.580. The molecule has 1 heterocycles. The minimum atomic E-state index is 0.561. The Balaban J connectivity index is 1.65. The first-order chi connectivity index (χ1) is 10.2. The van der Waals surface area contributed by atoms with Gasteiger partial charge in [-0.2, -0.15) is 0 Å². The molecule has 0 spiro atoms. The lowest BCUT2D eigenvalue weighted by molar-refractivity contribution is 0.187. The zero-order valence-corrected chi connectivity index (χ0v) is 14.0. The quantitative estimate of drug-likeness (QED) is 0.829. The molecule has 0 aromatic heterocycles. The van der Waals surface area contributed by atoms with E-state index in [0.29, 0.717) is 22.4 Å². The number of ether oxygens (including phenoxy) is 1. The summed E-state index contributed by atoms with van der Waals surface area (Å²) in [5.41, 5.74) is 0. The summed E-state index contributed by atoms with van der Waals surface area (Å²) < 4.78 is 5.70. The summed E-state index contributed by atoms with van der Waals surface area (Å²) in [4.78, 5) is 4.76. The second-order valence-electron chi connectivity index (χ2n) is 5.29. The van der Waals surface area contributed by atoms with Crippen molar-refractivity contribution in [3.05, 3.63) is 28.2 Å². The van der Waals surface area contributed by atoms with E-state index in [1.807, 2.05) is 6.07 Å². The molecule has 1 aliphatic heterocycles. The largest absolute Gasteiger partial charge is 0.489 e. The molecule has 1 aliphatic rings. The van der Waals surface area contributed by atoms with Crippen molar-refractivity contribution >= 4 is 23.2 Å². The zero-order valence-electron chi connectivity index (χ0n) is 12.4. The van der Waals surface area contributed by atoms with Crippen LogP contribution in [0.2, 0.25) is 10.0 Å². The van der Waals surface area contributed by atoms with Crippen LogP contribution in [0.15, 0.2) is 18.2 Å². The molecule has 0 unspecified atom stereocenters. The molecule has 1 N–H and O–H groups in total. The van der Waals surface area contributed by atoms with E-state index in [4.69, 9.17) is 27.9 Å². The topological polar surface area (TPSA) is 27.7 Å². The Bertz CT molecular complexity index is 419. The van der Waals surface area contributed by atoms with Crippen LogP contribution >= 0.6 is 23.2 Å². The number of piperazine rings is 1. The molecule has 2 rings (SSSR count). The maximum atomic E-state index is 6.07. The van der Waals surface area contributed by atoms with Gasteiger partial charge in [-0.1, -0.05) is 29.3 Å². The number of nitrogens with zero attached hydrogens (tertiary/aromatic N) is 2. The fraction of sp³-hybridized carbons (Fsp3) is 0.600. The van der Waals surface area contributed by atoms with Crippen LogP contribution in [0.25, 0.3) is 0 Å². The van der Waals surface area contributed by atoms with E-state index in [9.17, 15) is 0 Å². The summed E-state index contributed by atoms with van der Waals surface area (Å²) in [6.07, 6.45) is 0. The number of likely N-dealkylation sites (N-methyl/N-ethyl adjacent to an activating group) is 1. The van der Waals surface area contributed by atoms with E-state index < -0.39 is 0 Å². The van der Waals surface area contributed by atoms with Gasteiger partial charge >= 0.3 is 0 Å². The molecule has 118 valence electrons. The highest BCUT2D eigenvalue weighted by atomic mass is 35.5. The highest BCUT2D eigenvalue weighted by Gasteiger charge is 2.10. The van der Waals surface area contributed by atoms with E-state index in [-0.39, 0.29) is 0 Å². The first kappa shape index (κ1) is 16.8. The molecule has 0 amide bonds. The van der Waals surface area contributed by atoms with Gasteiger partial charge in [0.25, 0.3) is 0 Å². The Morgan fingerprint density at radius 2 is 1.86 bits per heavy atom. The van der Waals surface area contributed by atoms with Gasteiger partial charge in [0.15, 0.2) is 5.75 Å². The summed E-state index contributed by atoms with van der Waals surface area (Å²) in [6.45, 7) is 8.05. The van der Waals surface area contributed by atoms with Gasteiger partial charge in [0.1, 0.15) is 6.61 Å². The standard InChI is InChI=1S/C15H23Cl2N3O/c1-19(9-10-20-7-5-18-6-8-20)11-12-21-15-13(16)3-2-4-14(15)17/h2-4,18H,5-12H2,1H3. The van der Waals surface area contributed by atoms with Gasteiger partial charge in [-0.05, 0) is 19.2 Å². The van der Waals surface area contributed by atoms with Crippen molar-refractivity contribution < 1.29 is 4.74 Å². The molecule has 0 saturated carbocycles. The number of rotatable bonds is 7. The summed E-state index contributed by atoms with van der Waals surface area (Å²) in [6, 6.07) is 5.39. The number of halogens is 2. The molecule has 1 fully saturated rings. The molecular formula is C15H23Cl2N3O. The molecule has 0 bridgehead atoms. The highest BCUT2D eigenvalue weighted by molar-refractivity contribution is 6.37. The van der Waals surface area contributed by atoms with Gasteiger partial charge < -0.3 is 15.0 Å². The summed E-state index contributed by atoms with van der Waals surface area (Å²) in [5, 5.41) is 4.49. The summed E-state index contributed by atoms with van der Waals surface area (Å²) >= 11 is 12.1. The molecule has 0 radical (unpaired) electrons. The monoisotopic (exact) mass is 331 g/mol. The molecule has 4 nitrogen and oxygen atoms in total. The van der Waals surface area contributed by atoms with Crippen LogP contribution in [-0.4, -0.2) is 69.3 Å². The van der Waals surface area contributed by atoms with Crippen molar-refractivity contribution in [3.8, 4) is 5.75 Å². The predicted octanol–water partition coefficient (Wildman–Crippen LogP) is 2.21. The molecule has 0 atom stereocenters. The van der Waals surface area contributed by atoms with Crippen LogP contribution < -0.4 is 10.1 Å². The van der Waals surface area contributed by atoms with Crippen LogP contribution in [0.4, 0.5) is 0 Å². The van der Waals surface area contributed by atoms with E-state index in [1.54, 1.807) is 12.1 Å². The molecule has 21 heavy (non-hydrogen) atoms. The third-order valence-corrected chi connectivity index (χ3v) is 4.24. The lowest BCUT2D eigenvalue weighted by Gasteiger charge is -2.29. The van der Waals surface area contributed by atoms with Crippen molar-refractivity contribution in [3.63, 3.8) is 0 Å². The van der Waals surface area contributed by atoms with Gasteiger partial charge in [-0.15, -0.1) is 0 Å². The smallest absolute Gasteiger partial charge is 0.156 e. The Morgan fingerprint density at radius 1 is 1.19 bits per heavy atom. The maximum absolute atomic E-state index is 6.07. The van der Waals surface area contributed by atoms with Crippen LogP contribution in [-0.2, 0) is 0 Å². The highest BCUT2D eigenvalue weighted by Crippen LogP contribution is 2.32. The van der Waals surface area contributed by atoms with Crippen LogP contribution in [0.5, 0.6) is 5.75 Å². The Labute approximate surface area is 136 Å². The average molecular weight is 332 g/mol. The lowest BCUT2D eigenvalue weighted by atomic mass is 10.3. The van der Waals surface area contributed by atoms with E-state index >= 15 is 0 Å². The molecular weight excluding hydrogens is 309 g/mol. The number of benzene rings is 1. The third-order valence-electron chi connectivity index (χ3n) is 3.65. The van der Waals surface area contributed by atoms with Gasteiger partial charge in [-0.25, -0.2) is 0 Å². The molecule has 0 aliphatic carbocycles. The minimum Gasteiger partial charge on any atom is -0.489 e. The van der Waals surface area contributed by atoms with Crippen molar-refractivity contribution in [1.29, 1.82) is 0 Å². The number of hydrogen-bond donors (Lipinski definition) is 1. The number of nitrogens with one attached hydrogen (secondary N) is 1. The fourth-order valence-electron chi connectivity index (χ4n) is 2.28. The van der Waals surface area contributed by atoms with Crippen LogP contribution in [0, 0.1) is 0 Å². The molecule has 1 aromatic rings. The molecule has 1 aromatic carbocycles. The zero-order chi connectivity index (χ0) is 15.1. The van der Waals surface area contributed by atoms with Crippen molar-refractivity contribution in [2.45, 2.75) is 0 Å². The predicted molar refractivity (Wildman–Crippen MR) is 88.8 cm³/mol. The minimum absolute atomic E-state index is 0.561. The Morgan fingerprint density at radius 3 is 2.52 bits per heavy atom. The average Bonchev–Trinajstić information content (AvgIpc) is 2.49. The van der Waals surface area contributed by atoms with E-state index in [1.165, 1.54) is 0 Å². The molecule has 1 saturated heterocycles. The lowest BCUT2D eigenvalue weighted by Crippen LogP contribution is -2.46. The number of hydrogen-bond acceptors (Lipinski definition) is 4. The second-order valence-corrected chi connectivity index (χ2v) is 6.11. The van der Waals surface area contributed by atoms with Gasteiger partial charge in [0, 0.05) is 45.8 Å². The molecule has 6 heteroatoms. The third kappa shape index (κ3) is 5.64. The number of para-hydroxylation sites is 1. The first-order valence-electron chi connectivity index (χ1n) is 7.35. The summed E-state index contributed by atoms with van der Waals surface area (Å²) in [7, 11) is 2.11. The van der Waals surface area contributed by atoms with Crippen molar-refractivity contribution in [2.75, 3.05) is 59.5 Å². The second kappa shape index (κ2) is 8.81. The van der Waals surface area contributed by atoms with Gasteiger partial charge in [-0.3, -0.25) is 4.90 Å². The van der Waals surface area contributed by atoms with Gasteiger partial charge in [0.2, 0.25) is 0 Å². The van der Waals surface area contributed by atoms with Crippen LogP contribution in [0.3, 0.4) is 0 Å². The normalized spacial score (nSPS) is 16.4. The fourth-order valence-corrected chi connectivity index (χ4v) is 2.79. The SMILES string of the molecule is CN(CCOc1c(Cl)cccc1Cl)CCN1CCNCC1. The van der Waals surface area contributed by atoms with Crippen LogP contribution in [0.1, 0.15) is 0 Å². The van der Waals surface area contributed by atoms with E-state index in [0.717, 1.165) is 45.8 Å². The van der Waals surface area contributed by atoms with Crippen molar-refractivity contribution in [1.82, 2.24) is 15.1 Å². The Hall–Kier alpha value is -0.520. The maximum Gasteiger partial charge on any atom is 0.156 e. The first-order valence-corrected chi connectivity index (χ1v) is 8.11. The van der Waals surface area contributed by atoms with Gasteiger partial charge in [0.05, 0.1) is 10.0 Å². The Kier molecular flexibility index (Phi) is 7.07. The van der Waals surface area contributed by atoms with E-state index in [2.05, 4.69) is 22.2 Å².